The van der Waals surface area contributed by atoms with Gasteiger partial charge in [0.25, 0.3) is 0 Å². The first-order valence-corrected chi connectivity index (χ1v) is 5.67. The van der Waals surface area contributed by atoms with Crippen LogP contribution in [0.25, 0.3) is 0 Å². The molecule has 0 fully saturated rings. The molecule has 0 aliphatic carbocycles. The summed E-state index contributed by atoms with van der Waals surface area (Å²) in [5.74, 6) is -1.18. The largest absolute Gasteiger partial charge is 0.417 e. The number of benzene rings is 1. The Kier molecular flexibility index (Phi) is 3.83. The van der Waals surface area contributed by atoms with Crippen LogP contribution in [0, 0.1) is 5.82 Å². The molecule has 0 saturated carbocycles. The van der Waals surface area contributed by atoms with Gasteiger partial charge in [0, 0.05) is 24.4 Å². The van der Waals surface area contributed by atoms with Gasteiger partial charge >= 0.3 is 6.18 Å². The van der Waals surface area contributed by atoms with Crippen molar-refractivity contribution in [3.05, 3.63) is 65.2 Å². The molecule has 0 spiro atoms. The summed E-state index contributed by atoms with van der Waals surface area (Å²) in [5, 5.41) is 0. The Bertz CT molecular complexity index is 620. The molecule has 0 bridgehead atoms. The topological polar surface area (TPSA) is 30.0 Å². The molecular formula is C14H9F4NO. The monoisotopic (exact) mass is 283 g/mol. The molecule has 6 heteroatoms. The standard InChI is InChI=1S/C14H9F4NO/c15-10-3-1-9(2-4-10)7-13(20)11-8-19-6-5-12(11)14(16,17)18/h1-6,8H,7H2. The minimum absolute atomic E-state index is 0.241. The molecule has 1 aromatic heterocycles. The number of aromatic nitrogens is 1. The zero-order chi connectivity index (χ0) is 14.8. The van der Waals surface area contributed by atoms with E-state index in [0.717, 1.165) is 30.6 Å². The van der Waals surface area contributed by atoms with Crippen molar-refractivity contribution in [1.82, 2.24) is 4.98 Å². The maximum absolute atomic E-state index is 12.8. The lowest BCUT2D eigenvalue weighted by Crippen LogP contribution is -2.15. The van der Waals surface area contributed by atoms with E-state index < -0.39 is 28.9 Å². The van der Waals surface area contributed by atoms with Gasteiger partial charge in [0.1, 0.15) is 5.82 Å². The first-order chi connectivity index (χ1) is 9.38. The summed E-state index contributed by atoms with van der Waals surface area (Å²) in [6.07, 6.45) is -2.97. The molecule has 2 nitrogen and oxygen atoms in total. The van der Waals surface area contributed by atoms with E-state index in [2.05, 4.69) is 4.98 Å². The highest BCUT2D eigenvalue weighted by atomic mass is 19.4. The average Bonchev–Trinajstić information content (AvgIpc) is 2.40. The summed E-state index contributed by atoms with van der Waals surface area (Å²) in [7, 11) is 0. The van der Waals surface area contributed by atoms with Gasteiger partial charge in [-0.2, -0.15) is 13.2 Å². The van der Waals surface area contributed by atoms with Crippen LogP contribution >= 0.6 is 0 Å². The Morgan fingerprint density at radius 3 is 2.35 bits per heavy atom. The van der Waals surface area contributed by atoms with E-state index >= 15 is 0 Å². The smallest absolute Gasteiger partial charge is 0.294 e. The van der Waals surface area contributed by atoms with Crippen molar-refractivity contribution in [1.29, 1.82) is 0 Å². The molecule has 1 heterocycles. The second kappa shape index (κ2) is 5.40. The molecule has 0 saturated heterocycles. The van der Waals surface area contributed by atoms with Crippen molar-refractivity contribution in [2.75, 3.05) is 0 Å². The van der Waals surface area contributed by atoms with Gasteiger partial charge in [-0.05, 0) is 23.8 Å². The van der Waals surface area contributed by atoms with Crippen LogP contribution in [0.4, 0.5) is 17.6 Å². The molecule has 104 valence electrons. The highest BCUT2D eigenvalue weighted by Gasteiger charge is 2.34. The molecule has 20 heavy (non-hydrogen) atoms. The number of pyridine rings is 1. The first-order valence-electron chi connectivity index (χ1n) is 5.67. The van der Waals surface area contributed by atoms with Gasteiger partial charge in [0.05, 0.1) is 5.56 Å². The van der Waals surface area contributed by atoms with Gasteiger partial charge in [-0.25, -0.2) is 4.39 Å². The van der Waals surface area contributed by atoms with Crippen LogP contribution in [-0.4, -0.2) is 10.8 Å². The van der Waals surface area contributed by atoms with Crippen molar-refractivity contribution in [3.63, 3.8) is 0 Å². The van der Waals surface area contributed by atoms with Crippen LogP contribution in [0.1, 0.15) is 21.5 Å². The SMILES string of the molecule is O=C(Cc1ccc(F)cc1)c1cnccc1C(F)(F)F. The van der Waals surface area contributed by atoms with Crippen molar-refractivity contribution in [2.24, 2.45) is 0 Å². The number of carbonyl (C=O) groups excluding carboxylic acids is 1. The van der Waals surface area contributed by atoms with Crippen molar-refractivity contribution < 1.29 is 22.4 Å². The third-order valence-electron chi connectivity index (χ3n) is 2.70. The second-order valence-corrected chi connectivity index (χ2v) is 4.15. The van der Waals surface area contributed by atoms with E-state index in [1.165, 1.54) is 12.1 Å². The normalized spacial score (nSPS) is 11.4. The zero-order valence-electron chi connectivity index (χ0n) is 10.1. The predicted molar refractivity (Wildman–Crippen MR) is 63.7 cm³/mol. The molecule has 1 aromatic carbocycles. The number of halogens is 4. The molecule has 2 rings (SSSR count). The van der Waals surface area contributed by atoms with Gasteiger partial charge in [-0.15, -0.1) is 0 Å². The molecule has 0 aliphatic heterocycles. The van der Waals surface area contributed by atoms with E-state index in [0.29, 0.717) is 5.56 Å². The molecule has 0 N–H and O–H groups in total. The van der Waals surface area contributed by atoms with Crippen LogP contribution in [0.2, 0.25) is 0 Å². The summed E-state index contributed by atoms with van der Waals surface area (Å²) in [6.45, 7) is 0. The maximum Gasteiger partial charge on any atom is 0.417 e. The Morgan fingerprint density at radius 1 is 1.10 bits per heavy atom. The zero-order valence-corrected chi connectivity index (χ0v) is 10.1. The molecular weight excluding hydrogens is 274 g/mol. The number of ketones is 1. The van der Waals surface area contributed by atoms with Gasteiger partial charge in [-0.3, -0.25) is 9.78 Å². The van der Waals surface area contributed by atoms with Gasteiger partial charge in [0.15, 0.2) is 5.78 Å². The lowest BCUT2D eigenvalue weighted by atomic mass is 10.00. The fourth-order valence-electron chi connectivity index (χ4n) is 1.75. The van der Waals surface area contributed by atoms with E-state index in [1.54, 1.807) is 0 Å². The number of rotatable bonds is 3. The average molecular weight is 283 g/mol. The Hall–Kier alpha value is -2.24. The van der Waals surface area contributed by atoms with Gasteiger partial charge in [0.2, 0.25) is 0 Å². The molecule has 0 radical (unpaired) electrons. The summed E-state index contributed by atoms with van der Waals surface area (Å²) in [6, 6.07) is 5.78. The highest BCUT2D eigenvalue weighted by molar-refractivity contribution is 5.98. The van der Waals surface area contributed by atoms with Gasteiger partial charge < -0.3 is 0 Å². The minimum Gasteiger partial charge on any atom is -0.294 e. The van der Waals surface area contributed by atoms with Gasteiger partial charge in [-0.1, -0.05) is 12.1 Å². The lowest BCUT2D eigenvalue weighted by Gasteiger charge is -2.11. The van der Waals surface area contributed by atoms with E-state index in [9.17, 15) is 22.4 Å². The quantitative estimate of drug-likeness (QED) is 0.635. The molecule has 2 aromatic rings. The summed E-state index contributed by atoms with van der Waals surface area (Å²) < 4.78 is 51.0. The molecule has 0 unspecified atom stereocenters. The lowest BCUT2D eigenvalue weighted by molar-refractivity contribution is -0.138. The number of hydrogen-bond donors (Lipinski definition) is 0. The number of Topliss-reactive ketones (excluding diaryl/α,β-unsaturated/α-hetero) is 1. The van der Waals surface area contributed by atoms with E-state index in [1.807, 2.05) is 0 Å². The van der Waals surface area contributed by atoms with Crippen molar-refractivity contribution >= 4 is 5.78 Å². The van der Waals surface area contributed by atoms with Crippen LogP contribution in [0.3, 0.4) is 0 Å². The van der Waals surface area contributed by atoms with Crippen LogP contribution in [-0.2, 0) is 12.6 Å². The first kappa shape index (κ1) is 14.2. The second-order valence-electron chi connectivity index (χ2n) is 4.15. The predicted octanol–water partition coefficient (Wildman–Crippen LogP) is 3.66. The number of hydrogen-bond acceptors (Lipinski definition) is 2. The highest BCUT2D eigenvalue weighted by Crippen LogP contribution is 2.31. The molecule has 0 aliphatic rings. The number of carbonyl (C=O) groups is 1. The van der Waals surface area contributed by atoms with Crippen LogP contribution < -0.4 is 0 Å². The third kappa shape index (κ3) is 3.20. The number of nitrogens with zero attached hydrogens (tertiary/aromatic N) is 1. The molecule has 0 atom stereocenters. The summed E-state index contributed by atoms with van der Waals surface area (Å²) in [4.78, 5) is 15.5. The Morgan fingerprint density at radius 2 is 1.75 bits per heavy atom. The van der Waals surface area contributed by atoms with E-state index in [4.69, 9.17) is 0 Å². The fourth-order valence-corrected chi connectivity index (χ4v) is 1.75. The molecule has 0 amide bonds. The Labute approximate surface area is 112 Å². The summed E-state index contributed by atoms with van der Waals surface area (Å²) in [5.41, 5.74) is -1.06. The third-order valence-corrected chi connectivity index (χ3v) is 2.70. The maximum atomic E-state index is 12.8. The number of alkyl halides is 3. The van der Waals surface area contributed by atoms with Crippen molar-refractivity contribution in [2.45, 2.75) is 12.6 Å². The van der Waals surface area contributed by atoms with Crippen molar-refractivity contribution in [3.8, 4) is 0 Å². The van der Waals surface area contributed by atoms with Crippen LogP contribution in [0.15, 0.2) is 42.7 Å². The van der Waals surface area contributed by atoms with Crippen LogP contribution in [0.5, 0.6) is 0 Å². The Balaban J connectivity index is 2.28. The minimum atomic E-state index is -4.61. The van der Waals surface area contributed by atoms with E-state index in [-0.39, 0.29) is 6.42 Å². The summed E-state index contributed by atoms with van der Waals surface area (Å²) >= 11 is 0. The fraction of sp³-hybridized carbons (Fsp3) is 0.143.